The summed E-state index contributed by atoms with van der Waals surface area (Å²) in [4.78, 5) is 4.87. The van der Waals surface area contributed by atoms with Crippen LogP contribution >= 0.6 is 0 Å². The highest BCUT2D eigenvalue weighted by atomic mass is 15.0. The van der Waals surface area contributed by atoms with Crippen molar-refractivity contribution in [3.05, 3.63) is 222 Å². The first-order valence-corrected chi connectivity index (χ1v) is 22.7. The Labute approximate surface area is 377 Å². The molecule has 3 nitrogen and oxygen atoms in total. The molecule has 0 fully saturated rings. The van der Waals surface area contributed by atoms with Crippen LogP contribution in [0.5, 0.6) is 0 Å². The molecule has 0 bridgehead atoms. The predicted octanol–water partition coefficient (Wildman–Crippen LogP) is 15.5. The molecule has 12 aromatic rings. The Bertz CT molecular complexity index is 3870. The average molecular weight is 830 g/mol. The summed E-state index contributed by atoms with van der Waals surface area (Å²) in [6.07, 6.45) is 0. The van der Waals surface area contributed by atoms with E-state index < -0.39 is 5.41 Å². The maximum Gasteiger partial charge on any atom is 0.106 e. The number of hydrogen-bond acceptors (Lipinski definition) is 1. The largest absolute Gasteiger partial charge is 0.348 e. The van der Waals surface area contributed by atoms with E-state index in [-0.39, 0.29) is 0 Å². The van der Waals surface area contributed by atoms with Crippen LogP contribution in [0.25, 0.3) is 110 Å². The molecule has 0 atom stereocenters. The van der Waals surface area contributed by atoms with Crippen LogP contribution in [-0.2, 0) is 19.5 Å². The highest BCUT2D eigenvalue weighted by molar-refractivity contribution is 6.22. The van der Waals surface area contributed by atoms with Crippen molar-refractivity contribution < 1.29 is 0 Å². The molecule has 3 heteroatoms. The zero-order chi connectivity index (χ0) is 43.3. The Kier molecular flexibility index (Phi) is 7.31. The maximum atomic E-state index is 4.87. The molecular formula is C62H43N3. The molecule has 0 N–H and O–H groups in total. The molecule has 0 unspecified atom stereocenters. The lowest BCUT2D eigenvalue weighted by molar-refractivity contribution is 0.794. The van der Waals surface area contributed by atoms with Crippen molar-refractivity contribution in [3.63, 3.8) is 0 Å². The van der Waals surface area contributed by atoms with Crippen LogP contribution in [0.2, 0.25) is 0 Å². The summed E-state index contributed by atoms with van der Waals surface area (Å²) < 4.78 is 4.51. The van der Waals surface area contributed by atoms with Gasteiger partial charge in [-0.25, -0.2) is 4.98 Å². The molecule has 1 spiro atoms. The van der Waals surface area contributed by atoms with E-state index in [0.717, 1.165) is 16.9 Å². The van der Waals surface area contributed by atoms with Crippen molar-refractivity contribution in [1.29, 1.82) is 0 Å². The molecule has 0 radical (unpaired) electrons. The van der Waals surface area contributed by atoms with Gasteiger partial charge in [-0.15, -0.1) is 0 Å². The van der Waals surface area contributed by atoms with Gasteiger partial charge in [0.2, 0.25) is 0 Å². The number of hydrogen-bond donors (Lipinski definition) is 0. The molecule has 2 aliphatic carbocycles. The Morgan fingerprint density at radius 1 is 0.369 bits per heavy atom. The topological polar surface area (TPSA) is 22.8 Å². The van der Waals surface area contributed by atoms with E-state index in [1.165, 1.54) is 127 Å². The van der Waals surface area contributed by atoms with Gasteiger partial charge in [-0.1, -0.05) is 158 Å². The Hall–Kier alpha value is -8.01. The fourth-order valence-corrected chi connectivity index (χ4v) is 12.2. The number of aromatic nitrogens is 3. The number of fused-ring (bicyclic) bond motifs is 16. The van der Waals surface area contributed by atoms with Gasteiger partial charge in [-0.2, -0.15) is 0 Å². The Morgan fingerprint density at radius 2 is 0.923 bits per heavy atom. The first kappa shape index (κ1) is 36.5. The third kappa shape index (κ3) is 4.72. The van der Waals surface area contributed by atoms with Gasteiger partial charge < -0.3 is 9.13 Å². The van der Waals surface area contributed by atoms with Crippen molar-refractivity contribution in [2.24, 2.45) is 14.1 Å². The predicted molar refractivity (Wildman–Crippen MR) is 272 cm³/mol. The third-order valence-electron chi connectivity index (χ3n) is 15.3. The lowest BCUT2D eigenvalue weighted by Gasteiger charge is -2.30. The fourth-order valence-electron chi connectivity index (χ4n) is 12.2. The number of benzene rings is 10. The summed E-state index contributed by atoms with van der Waals surface area (Å²) in [6.45, 7) is 4.27. The molecule has 0 saturated heterocycles. The van der Waals surface area contributed by atoms with Crippen LogP contribution in [0.4, 0.5) is 0 Å². The molecule has 2 aliphatic rings. The van der Waals surface area contributed by atoms with E-state index in [4.69, 9.17) is 4.98 Å². The highest BCUT2D eigenvalue weighted by Gasteiger charge is 2.52. The van der Waals surface area contributed by atoms with Crippen LogP contribution < -0.4 is 0 Å². The molecule has 65 heavy (non-hydrogen) atoms. The van der Waals surface area contributed by atoms with Crippen LogP contribution in [0.15, 0.2) is 188 Å². The molecule has 14 rings (SSSR count). The smallest absolute Gasteiger partial charge is 0.106 e. The highest BCUT2D eigenvalue weighted by Crippen LogP contribution is 2.65. The van der Waals surface area contributed by atoms with Gasteiger partial charge in [0.1, 0.15) is 5.82 Å². The summed E-state index contributed by atoms with van der Waals surface area (Å²) in [5.74, 6) is 1.01. The SMILES string of the molecule is Cc1cc2ccc(-c3cccc4c(-c5cccc6c5-c5c(ccc7ccccc57)C65c6ccccc6-c6ccccc65)c5cccc(-c6ccc7nc(C)n(C)c7c6)c5cc34)cc2n1C. The summed E-state index contributed by atoms with van der Waals surface area (Å²) in [5, 5.41) is 8.76. The first-order valence-electron chi connectivity index (χ1n) is 22.7. The van der Waals surface area contributed by atoms with Gasteiger partial charge >= 0.3 is 0 Å². The second kappa shape index (κ2) is 13.0. The van der Waals surface area contributed by atoms with E-state index in [1.54, 1.807) is 0 Å². The number of imidazole rings is 1. The van der Waals surface area contributed by atoms with Gasteiger partial charge in [0.25, 0.3) is 0 Å². The minimum absolute atomic E-state index is 0.478. The van der Waals surface area contributed by atoms with Gasteiger partial charge in [-0.3, -0.25) is 0 Å². The fraction of sp³-hybridized carbons (Fsp3) is 0.0806. The quantitative estimate of drug-likeness (QED) is 0.163. The van der Waals surface area contributed by atoms with Crippen molar-refractivity contribution in [3.8, 4) is 55.6 Å². The van der Waals surface area contributed by atoms with E-state index in [1.807, 2.05) is 0 Å². The summed E-state index contributed by atoms with van der Waals surface area (Å²) >= 11 is 0. The van der Waals surface area contributed by atoms with Crippen LogP contribution in [0.1, 0.15) is 33.8 Å². The molecule has 10 aromatic carbocycles. The molecule has 2 aromatic heterocycles. The average Bonchev–Trinajstić information content (AvgIpc) is 4.03. The molecular weight excluding hydrogens is 787 g/mol. The van der Waals surface area contributed by atoms with Crippen LogP contribution in [-0.4, -0.2) is 14.1 Å². The summed E-state index contributed by atoms with van der Waals surface area (Å²) in [7, 11) is 4.29. The minimum atomic E-state index is -0.478. The Balaban J connectivity index is 1.15. The van der Waals surface area contributed by atoms with Crippen molar-refractivity contribution >= 4 is 54.3 Å². The van der Waals surface area contributed by atoms with Gasteiger partial charge in [0, 0.05) is 25.3 Å². The number of nitrogens with zero attached hydrogens (tertiary/aromatic N) is 3. The van der Waals surface area contributed by atoms with Crippen molar-refractivity contribution in [1.82, 2.24) is 14.1 Å². The third-order valence-corrected chi connectivity index (χ3v) is 15.3. The normalized spacial score (nSPS) is 13.4. The number of aryl methyl sites for hydroxylation is 4. The van der Waals surface area contributed by atoms with E-state index in [2.05, 4.69) is 225 Å². The van der Waals surface area contributed by atoms with Crippen LogP contribution in [0, 0.1) is 13.8 Å². The van der Waals surface area contributed by atoms with Crippen molar-refractivity contribution in [2.45, 2.75) is 19.3 Å². The molecule has 0 amide bonds. The minimum Gasteiger partial charge on any atom is -0.348 e. The molecule has 306 valence electrons. The Morgan fingerprint density at radius 3 is 1.66 bits per heavy atom. The second-order valence-electron chi connectivity index (χ2n) is 18.4. The lowest BCUT2D eigenvalue weighted by atomic mass is 9.70. The standard InChI is InChI=1S/C62H43N3/c1-36-32-41-27-26-39(33-57(41)64(36)3)42-18-11-20-47-50(42)35-51-43(40-29-31-56-58(34-40)65(4)37(2)63-56)19-12-21-48(51)59(47)49-22-13-25-54-61(49)60-44-15-6-5-14-38(44)28-30-55(60)62(54)52-23-9-7-16-45(52)46-17-8-10-24-53(46)62/h5-35H,1-4H3. The second-order valence-corrected chi connectivity index (χ2v) is 18.4. The molecule has 0 aliphatic heterocycles. The molecule has 0 saturated carbocycles. The lowest BCUT2D eigenvalue weighted by Crippen LogP contribution is -2.25. The van der Waals surface area contributed by atoms with E-state index in [9.17, 15) is 0 Å². The zero-order valence-electron chi connectivity index (χ0n) is 36.7. The number of rotatable bonds is 3. The summed E-state index contributed by atoms with van der Waals surface area (Å²) in [5.41, 5.74) is 22.2. The molecule has 2 heterocycles. The van der Waals surface area contributed by atoms with Crippen molar-refractivity contribution in [2.75, 3.05) is 0 Å². The zero-order valence-corrected chi connectivity index (χ0v) is 36.7. The maximum absolute atomic E-state index is 4.87. The van der Waals surface area contributed by atoms with Gasteiger partial charge in [0.05, 0.1) is 16.4 Å². The van der Waals surface area contributed by atoms with E-state index in [0.29, 0.717) is 0 Å². The first-order chi connectivity index (χ1) is 31.9. The summed E-state index contributed by atoms with van der Waals surface area (Å²) in [6, 6.07) is 71.6. The monoisotopic (exact) mass is 829 g/mol. The van der Waals surface area contributed by atoms with Gasteiger partial charge in [-0.05, 0) is 160 Å². The van der Waals surface area contributed by atoms with Crippen LogP contribution in [0.3, 0.4) is 0 Å². The van der Waals surface area contributed by atoms with Gasteiger partial charge in [0.15, 0.2) is 0 Å². The van der Waals surface area contributed by atoms with E-state index >= 15 is 0 Å².